The molecule has 0 saturated carbocycles. The minimum Gasteiger partial charge on any atom is -0.478 e. The molecule has 0 amide bonds. The molecule has 0 saturated heterocycles. The van der Waals surface area contributed by atoms with Crippen molar-refractivity contribution in [2.75, 3.05) is 0 Å². The van der Waals surface area contributed by atoms with E-state index in [1.54, 1.807) is 18.2 Å². The quantitative estimate of drug-likeness (QED) is 0.753. The van der Waals surface area contributed by atoms with E-state index >= 15 is 0 Å². The number of benzene rings is 1. The van der Waals surface area contributed by atoms with Gasteiger partial charge in [0.15, 0.2) is 0 Å². The van der Waals surface area contributed by atoms with Crippen LogP contribution < -0.4 is 0 Å². The second-order valence-electron chi connectivity index (χ2n) is 2.19. The van der Waals surface area contributed by atoms with Gasteiger partial charge in [0.2, 0.25) is 0 Å². The van der Waals surface area contributed by atoms with Gasteiger partial charge in [-0.2, -0.15) is 0 Å². The molecule has 0 aliphatic heterocycles. The van der Waals surface area contributed by atoms with Crippen LogP contribution in [-0.4, -0.2) is 11.1 Å². The molecule has 0 heterocycles. The predicted octanol–water partition coefficient (Wildman–Crippen LogP) is 2.86. The van der Waals surface area contributed by atoms with E-state index in [0.29, 0.717) is 5.56 Å². The molecule has 0 fully saturated rings. The van der Waals surface area contributed by atoms with Gasteiger partial charge in [0, 0.05) is 0 Å². The lowest BCUT2D eigenvalue weighted by Crippen LogP contribution is -2.01. The average Bonchev–Trinajstić information content (AvgIpc) is 2.04. The van der Waals surface area contributed by atoms with Gasteiger partial charge in [0.1, 0.15) is 4.84 Å². The molecular formula is C8H6Cl2O2. The molecule has 1 rings (SSSR count). The van der Waals surface area contributed by atoms with Gasteiger partial charge in [-0.1, -0.05) is 18.2 Å². The van der Waals surface area contributed by atoms with Crippen molar-refractivity contribution in [2.24, 2.45) is 0 Å². The first kappa shape index (κ1) is 9.36. The number of carboxylic acids is 1. The molecule has 1 N–H and O–H groups in total. The van der Waals surface area contributed by atoms with Gasteiger partial charge < -0.3 is 5.11 Å². The number of hydrogen-bond donors (Lipinski definition) is 1. The van der Waals surface area contributed by atoms with Crippen LogP contribution in [0.1, 0.15) is 20.8 Å². The van der Waals surface area contributed by atoms with Crippen molar-refractivity contribution in [3.05, 3.63) is 35.4 Å². The first-order valence-corrected chi connectivity index (χ1v) is 4.10. The van der Waals surface area contributed by atoms with Crippen LogP contribution in [-0.2, 0) is 0 Å². The van der Waals surface area contributed by atoms with E-state index in [9.17, 15) is 4.79 Å². The molecule has 0 spiro atoms. The van der Waals surface area contributed by atoms with E-state index in [1.165, 1.54) is 6.07 Å². The Labute approximate surface area is 79.7 Å². The van der Waals surface area contributed by atoms with Crippen LogP contribution in [0.3, 0.4) is 0 Å². The fourth-order valence-corrected chi connectivity index (χ4v) is 1.26. The van der Waals surface area contributed by atoms with E-state index in [-0.39, 0.29) is 5.56 Å². The Morgan fingerprint density at radius 1 is 1.33 bits per heavy atom. The first-order chi connectivity index (χ1) is 5.63. The molecule has 0 bridgehead atoms. The second-order valence-corrected chi connectivity index (χ2v) is 3.29. The molecule has 1 aromatic rings. The van der Waals surface area contributed by atoms with Crippen molar-refractivity contribution in [1.82, 2.24) is 0 Å². The molecule has 4 heteroatoms. The number of carboxylic acid groups (broad SMARTS) is 1. The molecule has 0 atom stereocenters. The largest absolute Gasteiger partial charge is 0.478 e. The Bertz CT molecular complexity index is 297. The normalized spacial score (nSPS) is 10.2. The lowest BCUT2D eigenvalue weighted by atomic mass is 10.1. The standard InChI is InChI=1S/C8H6Cl2O2/c9-7(10)5-3-1-2-4-6(5)8(11)12/h1-4,7H,(H,11,12). The lowest BCUT2D eigenvalue weighted by molar-refractivity contribution is 0.0696. The van der Waals surface area contributed by atoms with Crippen LogP contribution in [0.4, 0.5) is 0 Å². The van der Waals surface area contributed by atoms with Crippen LogP contribution in [0.5, 0.6) is 0 Å². The number of aromatic carboxylic acids is 1. The molecule has 0 aliphatic carbocycles. The monoisotopic (exact) mass is 204 g/mol. The van der Waals surface area contributed by atoms with E-state index < -0.39 is 10.8 Å². The smallest absolute Gasteiger partial charge is 0.336 e. The summed E-state index contributed by atoms with van der Waals surface area (Å²) < 4.78 is 0. The third-order valence-corrected chi connectivity index (χ3v) is 1.90. The molecule has 0 unspecified atom stereocenters. The third-order valence-electron chi connectivity index (χ3n) is 1.43. The van der Waals surface area contributed by atoms with Crippen LogP contribution in [0.2, 0.25) is 0 Å². The molecular weight excluding hydrogens is 199 g/mol. The van der Waals surface area contributed by atoms with Crippen LogP contribution in [0, 0.1) is 0 Å². The highest BCUT2D eigenvalue weighted by molar-refractivity contribution is 6.44. The first-order valence-electron chi connectivity index (χ1n) is 3.23. The van der Waals surface area contributed by atoms with Crippen molar-refractivity contribution in [1.29, 1.82) is 0 Å². The van der Waals surface area contributed by atoms with Gasteiger partial charge in [-0.3, -0.25) is 0 Å². The van der Waals surface area contributed by atoms with Crippen molar-refractivity contribution < 1.29 is 9.90 Å². The molecule has 12 heavy (non-hydrogen) atoms. The van der Waals surface area contributed by atoms with Gasteiger partial charge in [-0.05, 0) is 11.6 Å². The van der Waals surface area contributed by atoms with Crippen LogP contribution >= 0.6 is 23.2 Å². The SMILES string of the molecule is O=C(O)c1ccccc1C(Cl)Cl. The summed E-state index contributed by atoms with van der Waals surface area (Å²) in [7, 11) is 0. The van der Waals surface area contributed by atoms with Gasteiger partial charge in [-0.15, -0.1) is 23.2 Å². The highest BCUT2D eigenvalue weighted by atomic mass is 35.5. The average molecular weight is 205 g/mol. The summed E-state index contributed by atoms with van der Waals surface area (Å²) in [6, 6.07) is 6.38. The van der Waals surface area contributed by atoms with Crippen molar-refractivity contribution >= 4 is 29.2 Å². The Morgan fingerprint density at radius 3 is 2.33 bits per heavy atom. The Morgan fingerprint density at radius 2 is 1.92 bits per heavy atom. The van der Waals surface area contributed by atoms with Crippen LogP contribution in [0.25, 0.3) is 0 Å². The molecule has 0 aromatic heterocycles. The summed E-state index contributed by atoms with van der Waals surface area (Å²) >= 11 is 11.1. The fourth-order valence-electron chi connectivity index (χ4n) is 0.882. The van der Waals surface area contributed by atoms with E-state index in [0.717, 1.165) is 0 Å². The van der Waals surface area contributed by atoms with E-state index in [1.807, 2.05) is 0 Å². The van der Waals surface area contributed by atoms with Crippen molar-refractivity contribution in [3.63, 3.8) is 0 Å². The number of rotatable bonds is 2. The van der Waals surface area contributed by atoms with Gasteiger partial charge in [0.05, 0.1) is 5.56 Å². The Hall–Kier alpha value is -0.730. The Balaban J connectivity index is 3.17. The molecule has 2 nitrogen and oxygen atoms in total. The minimum atomic E-state index is -1.02. The fraction of sp³-hybridized carbons (Fsp3) is 0.125. The number of carbonyl (C=O) groups is 1. The topological polar surface area (TPSA) is 37.3 Å². The van der Waals surface area contributed by atoms with E-state index in [4.69, 9.17) is 28.3 Å². The zero-order valence-corrected chi connectivity index (χ0v) is 7.51. The highest BCUT2D eigenvalue weighted by Gasteiger charge is 2.13. The second kappa shape index (κ2) is 3.78. The Kier molecular flexibility index (Phi) is 2.95. The summed E-state index contributed by atoms with van der Waals surface area (Å²) in [5.41, 5.74) is 0.570. The zero-order valence-electron chi connectivity index (χ0n) is 6.00. The zero-order chi connectivity index (χ0) is 9.14. The minimum absolute atomic E-state index is 0.146. The summed E-state index contributed by atoms with van der Waals surface area (Å²) in [5.74, 6) is -1.02. The molecule has 64 valence electrons. The van der Waals surface area contributed by atoms with E-state index in [2.05, 4.69) is 0 Å². The third kappa shape index (κ3) is 1.90. The number of halogens is 2. The molecule has 0 radical (unpaired) electrons. The highest BCUT2D eigenvalue weighted by Crippen LogP contribution is 2.27. The van der Waals surface area contributed by atoms with Gasteiger partial charge >= 0.3 is 5.97 Å². The summed E-state index contributed by atoms with van der Waals surface area (Å²) in [6.45, 7) is 0. The van der Waals surface area contributed by atoms with Gasteiger partial charge in [0.25, 0.3) is 0 Å². The predicted molar refractivity (Wildman–Crippen MR) is 47.8 cm³/mol. The van der Waals surface area contributed by atoms with Crippen molar-refractivity contribution in [2.45, 2.75) is 4.84 Å². The van der Waals surface area contributed by atoms with Crippen LogP contribution in [0.15, 0.2) is 24.3 Å². The van der Waals surface area contributed by atoms with Gasteiger partial charge in [-0.25, -0.2) is 4.79 Å². The number of hydrogen-bond acceptors (Lipinski definition) is 1. The van der Waals surface area contributed by atoms with Crippen molar-refractivity contribution in [3.8, 4) is 0 Å². The summed E-state index contributed by atoms with van der Waals surface area (Å²) in [4.78, 5) is 9.81. The maximum absolute atomic E-state index is 10.6. The maximum atomic E-state index is 10.6. The molecule has 0 aliphatic rings. The maximum Gasteiger partial charge on any atom is 0.336 e. The lowest BCUT2D eigenvalue weighted by Gasteiger charge is -2.04. The summed E-state index contributed by atoms with van der Waals surface area (Å²) in [5, 5.41) is 8.70. The molecule has 1 aromatic carbocycles. The summed E-state index contributed by atoms with van der Waals surface area (Å²) in [6.07, 6.45) is 0. The number of alkyl halides is 2.